The van der Waals surface area contributed by atoms with Crippen molar-refractivity contribution in [3.8, 4) is 0 Å². The molecule has 11 nitrogen and oxygen atoms in total. The van der Waals surface area contributed by atoms with Gasteiger partial charge in [-0.1, -0.05) is 17.2 Å². The lowest BCUT2D eigenvalue weighted by molar-refractivity contribution is -0.0583. The van der Waals surface area contributed by atoms with Gasteiger partial charge in [-0.3, -0.25) is 9.59 Å². The summed E-state index contributed by atoms with van der Waals surface area (Å²) in [5.74, 6) is -2.37. The summed E-state index contributed by atoms with van der Waals surface area (Å²) in [5, 5.41) is 7.19. The number of carbonyl (C=O) groups excluding carboxylic acids is 4. The molecule has 3 aromatic rings. The number of hydrogen-bond donors (Lipinski definition) is 1. The number of aromatic nitrogens is 3. The summed E-state index contributed by atoms with van der Waals surface area (Å²) in [7, 11) is 0. The molecule has 0 radical (unpaired) electrons. The number of carbonyl (C=O) groups is 4. The van der Waals surface area contributed by atoms with Crippen LogP contribution in [0.2, 0.25) is 0 Å². The third-order valence-corrected chi connectivity index (χ3v) is 4.64. The molecule has 3 heterocycles. The Balaban J connectivity index is 1.41. The van der Waals surface area contributed by atoms with Crippen molar-refractivity contribution in [1.82, 2.24) is 25.0 Å². The van der Waals surface area contributed by atoms with Crippen LogP contribution in [0.3, 0.4) is 0 Å². The quantitative estimate of drug-likeness (QED) is 0.584. The molecule has 4 rings (SSSR count). The maximum atomic E-state index is 12.6. The molecule has 33 heavy (non-hydrogen) atoms. The van der Waals surface area contributed by atoms with Gasteiger partial charge in [-0.2, -0.15) is 5.10 Å². The van der Waals surface area contributed by atoms with Crippen LogP contribution in [0.5, 0.6) is 0 Å². The zero-order chi connectivity index (χ0) is 23.8. The minimum Gasteiger partial charge on any atom is -0.444 e. The van der Waals surface area contributed by atoms with Crippen LogP contribution in [0.4, 0.5) is 4.79 Å². The second-order valence-corrected chi connectivity index (χ2v) is 8.30. The van der Waals surface area contributed by atoms with E-state index in [9.17, 15) is 19.2 Å². The Morgan fingerprint density at radius 1 is 1.06 bits per heavy atom. The molecular weight excluding hydrogens is 430 g/mol. The van der Waals surface area contributed by atoms with Crippen LogP contribution in [0, 0.1) is 0 Å². The van der Waals surface area contributed by atoms with Crippen LogP contribution in [0.15, 0.2) is 42.9 Å². The average Bonchev–Trinajstić information content (AvgIpc) is 3.27. The van der Waals surface area contributed by atoms with Gasteiger partial charge >= 0.3 is 12.1 Å². The molecule has 1 aliphatic rings. The van der Waals surface area contributed by atoms with Gasteiger partial charge in [0.05, 0.1) is 17.3 Å². The van der Waals surface area contributed by atoms with E-state index in [0.29, 0.717) is 18.0 Å². The van der Waals surface area contributed by atoms with Gasteiger partial charge in [0.15, 0.2) is 5.65 Å². The van der Waals surface area contributed by atoms with Gasteiger partial charge < -0.3 is 14.9 Å². The maximum absolute atomic E-state index is 12.6. The van der Waals surface area contributed by atoms with Crippen molar-refractivity contribution in [1.29, 1.82) is 0 Å². The third kappa shape index (κ3) is 4.52. The van der Waals surface area contributed by atoms with E-state index in [1.165, 1.54) is 29.0 Å². The monoisotopic (exact) mass is 451 g/mol. The fourth-order valence-electron chi connectivity index (χ4n) is 3.19. The fraction of sp³-hybridized carbons (Fsp3) is 0.273. The predicted octanol–water partition coefficient (Wildman–Crippen LogP) is 2.16. The first-order chi connectivity index (χ1) is 15.6. The lowest BCUT2D eigenvalue weighted by Crippen LogP contribution is -2.33. The molecule has 1 aromatic carbocycles. The van der Waals surface area contributed by atoms with E-state index >= 15 is 0 Å². The predicted molar refractivity (Wildman–Crippen MR) is 113 cm³/mol. The molecule has 1 N–H and O–H groups in total. The second kappa shape index (κ2) is 8.34. The molecule has 11 heteroatoms. The first-order valence-electron chi connectivity index (χ1n) is 10.1. The maximum Gasteiger partial charge on any atom is 0.407 e. The summed E-state index contributed by atoms with van der Waals surface area (Å²) in [6.45, 7) is 5.65. The first-order valence-corrected chi connectivity index (χ1v) is 10.1. The lowest BCUT2D eigenvalue weighted by atomic mass is 10.1. The minimum atomic E-state index is -0.939. The van der Waals surface area contributed by atoms with E-state index < -0.39 is 29.5 Å². The number of amides is 3. The van der Waals surface area contributed by atoms with Gasteiger partial charge in [0, 0.05) is 18.9 Å². The molecule has 0 spiro atoms. The standard InChI is InChI=1S/C22H21N5O6/c1-22(2,3)32-21(31)23-9-8-13-10-24-17-16(11-25-26(17)12-13)20(30)33-27-18(28)14-6-4-5-7-15(14)19(27)29/h4-7,10-12H,8-9H2,1-3H3,(H,23,31). The zero-order valence-corrected chi connectivity index (χ0v) is 18.2. The highest BCUT2D eigenvalue weighted by atomic mass is 16.7. The van der Waals surface area contributed by atoms with Crippen molar-refractivity contribution in [3.05, 3.63) is 65.1 Å². The first kappa shape index (κ1) is 21.9. The van der Waals surface area contributed by atoms with Crippen molar-refractivity contribution < 1.29 is 28.8 Å². The van der Waals surface area contributed by atoms with Crippen LogP contribution < -0.4 is 5.32 Å². The lowest BCUT2D eigenvalue weighted by Gasteiger charge is -2.19. The molecular formula is C22H21N5O6. The van der Waals surface area contributed by atoms with E-state index in [-0.39, 0.29) is 22.3 Å². The molecule has 0 saturated carbocycles. The highest BCUT2D eigenvalue weighted by Gasteiger charge is 2.39. The van der Waals surface area contributed by atoms with E-state index in [1.54, 1.807) is 39.1 Å². The van der Waals surface area contributed by atoms with Crippen molar-refractivity contribution in [2.45, 2.75) is 32.8 Å². The molecule has 0 saturated heterocycles. The van der Waals surface area contributed by atoms with Crippen molar-refractivity contribution in [2.75, 3.05) is 6.54 Å². The van der Waals surface area contributed by atoms with E-state index in [0.717, 1.165) is 5.56 Å². The van der Waals surface area contributed by atoms with Crippen LogP contribution in [-0.4, -0.2) is 55.7 Å². The normalized spacial score (nSPS) is 13.2. The summed E-state index contributed by atoms with van der Waals surface area (Å²) in [6, 6.07) is 6.20. The Bertz CT molecular complexity index is 1240. The van der Waals surface area contributed by atoms with Crippen molar-refractivity contribution >= 4 is 29.5 Å². The molecule has 0 unspecified atom stereocenters. The van der Waals surface area contributed by atoms with Gasteiger partial charge in [-0.05, 0) is 44.9 Å². The Morgan fingerprint density at radius 3 is 2.36 bits per heavy atom. The molecule has 0 atom stereocenters. The van der Waals surface area contributed by atoms with Crippen LogP contribution >= 0.6 is 0 Å². The van der Waals surface area contributed by atoms with Crippen LogP contribution in [0.25, 0.3) is 5.65 Å². The molecule has 3 amide bonds. The highest BCUT2D eigenvalue weighted by molar-refractivity contribution is 6.21. The Kier molecular flexibility index (Phi) is 5.54. The number of imide groups is 1. The smallest absolute Gasteiger partial charge is 0.407 e. The number of alkyl carbamates (subject to hydrolysis) is 1. The van der Waals surface area contributed by atoms with Gasteiger partial charge in [-0.15, -0.1) is 0 Å². The topological polar surface area (TPSA) is 132 Å². The molecule has 0 fully saturated rings. The highest BCUT2D eigenvalue weighted by Crippen LogP contribution is 2.23. The van der Waals surface area contributed by atoms with Gasteiger partial charge in [0.2, 0.25) is 0 Å². The zero-order valence-electron chi connectivity index (χ0n) is 18.2. The van der Waals surface area contributed by atoms with E-state index in [4.69, 9.17) is 9.57 Å². The number of nitrogens with zero attached hydrogens (tertiary/aromatic N) is 4. The summed E-state index contributed by atoms with van der Waals surface area (Å²) < 4.78 is 6.56. The Hall–Kier alpha value is -4.28. The molecule has 0 aliphatic carbocycles. The number of hydroxylamine groups is 2. The number of ether oxygens (including phenoxy) is 1. The number of benzene rings is 1. The summed E-state index contributed by atoms with van der Waals surface area (Å²) in [6.07, 6.45) is 4.36. The van der Waals surface area contributed by atoms with Crippen LogP contribution in [-0.2, 0) is 16.0 Å². The number of fused-ring (bicyclic) bond motifs is 2. The minimum absolute atomic E-state index is 0.00927. The summed E-state index contributed by atoms with van der Waals surface area (Å²) in [5.41, 5.74) is 0.681. The molecule has 0 bridgehead atoms. The number of rotatable bonds is 5. The third-order valence-electron chi connectivity index (χ3n) is 4.64. The van der Waals surface area contributed by atoms with Crippen LogP contribution in [0.1, 0.15) is 57.4 Å². The number of nitrogens with one attached hydrogen (secondary N) is 1. The average molecular weight is 451 g/mol. The number of hydrogen-bond acceptors (Lipinski definition) is 8. The van der Waals surface area contributed by atoms with Gasteiger partial charge in [-0.25, -0.2) is 19.1 Å². The van der Waals surface area contributed by atoms with E-state index in [2.05, 4.69) is 15.4 Å². The van der Waals surface area contributed by atoms with Gasteiger partial charge in [0.1, 0.15) is 11.2 Å². The van der Waals surface area contributed by atoms with Gasteiger partial charge in [0.25, 0.3) is 11.8 Å². The fourth-order valence-corrected chi connectivity index (χ4v) is 3.19. The molecule has 2 aromatic heterocycles. The Morgan fingerprint density at radius 2 is 1.73 bits per heavy atom. The summed E-state index contributed by atoms with van der Waals surface area (Å²) >= 11 is 0. The van der Waals surface area contributed by atoms with Crippen molar-refractivity contribution in [2.24, 2.45) is 0 Å². The largest absolute Gasteiger partial charge is 0.444 e. The second-order valence-electron chi connectivity index (χ2n) is 8.30. The van der Waals surface area contributed by atoms with E-state index in [1.807, 2.05) is 0 Å². The summed E-state index contributed by atoms with van der Waals surface area (Å²) in [4.78, 5) is 58.5. The Labute approximate surface area is 188 Å². The SMILES string of the molecule is CC(C)(C)OC(=O)NCCc1cnc2c(C(=O)ON3C(=O)c4ccccc4C3=O)cnn2c1. The molecule has 170 valence electrons. The van der Waals surface area contributed by atoms with Crippen molar-refractivity contribution in [3.63, 3.8) is 0 Å². The molecule has 1 aliphatic heterocycles.